The summed E-state index contributed by atoms with van der Waals surface area (Å²) in [6.45, 7) is 2.03. The molecule has 3 aromatic rings. The lowest BCUT2D eigenvalue weighted by molar-refractivity contribution is 0.509. The van der Waals surface area contributed by atoms with Crippen molar-refractivity contribution >= 4 is 34.7 Å². The van der Waals surface area contributed by atoms with Gasteiger partial charge in [0.15, 0.2) is 11.6 Å². The lowest BCUT2D eigenvalue weighted by Gasteiger charge is -2.12. The Morgan fingerprint density at radius 1 is 1.12 bits per heavy atom. The van der Waals surface area contributed by atoms with Crippen molar-refractivity contribution in [1.29, 1.82) is 5.26 Å². The van der Waals surface area contributed by atoms with Crippen LogP contribution >= 0.6 is 12.4 Å². The molecule has 2 aromatic carbocycles. The third-order valence-corrected chi connectivity index (χ3v) is 3.65. The van der Waals surface area contributed by atoms with Gasteiger partial charge >= 0.3 is 0 Å². The van der Waals surface area contributed by atoms with Crippen LogP contribution in [0.3, 0.4) is 0 Å². The molecule has 0 amide bonds. The number of hydrogen-bond donors (Lipinski definition) is 1. The van der Waals surface area contributed by atoms with Gasteiger partial charge in [-0.15, -0.1) is 12.4 Å². The summed E-state index contributed by atoms with van der Waals surface area (Å²) in [5, 5.41) is 13.1. The highest BCUT2D eigenvalue weighted by Gasteiger charge is 2.11. The molecule has 0 aliphatic carbocycles. The summed E-state index contributed by atoms with van der Waals surface area (Å²) < 4.78 is 26.5. The van der Waals surface area contributed by atoms with Crippen LogP contribution in [0.5, 0.6) is 0 Å². The highest BCUT2D eigenvalue weighted by molar-refractivity contribution is 5.96. The largest absolute Gasteiger partial charge is 0.354 e. The minimum absolute atomic E-state index is 0. The molecule has 24 heavy (non-hydrogen) atoms. The van der Waals surface area contributed by atoms with Crippen molar-refractivity contribution in [2.45, 2.75) is 13.3 Å². The highest BCUT2D eigenvalue weighted by atomic mass is 35.5. The predicted molar refractivity (Wildman–Crippen MR) is 92.7 cm³/mol. The Labute approximate surface area is 144 Å². The fraction of sp³-hybridized carbons (Fsp3) is 0.111. The molecule has 3 nitrogen and oxygen atoms in total. The van der Waals surface area contributed by atoms with Crippen LogP contribution < -0.4 is 5.32 Å². The van der Waals surface area contributed by atoms with Crippen LogP contribution in [0, 0.1) is 23.0 Å². The molecule has 1 aromatic heterocycles. The minimum atomic E-state index is -0.943. The van der Waals surface area contributed by atoms with Gasteiger partial charge in [0.25, 0.3) is 0 Å². The molecule has 0 bridgehead atoms. The maximum Gasteiger partial charge on any atom is 0.160 e. The molecular formula is C18H14ClF2N3. The third kappa shape index (κ3) is 3.29. The standard InChI is InChI=1S/C18H13F2N3.ClH/c1-2-11-3-6-17-14(7-11)18(12(9-21)10-22-17)23-13-4-5-15(19)16(20)8-13;/h3-8,10H,2H2,1H3,(H,22,23);1H. The second-order valence-corrected chi connectivity index (χ2v) is 5.12. The fourth-order valence-corrected chi connectivity index (χ4v) is 2.40. The molecule has 0 fully saturated rings. The zero-order valence-electron chi connectivity index (χ0n) is 12.8. The van der Waals surface area contributed by atoms with Crippen molar-refractivity contribution < 1.29 is 8.78 Å². The zero-order chi connectivity index (χ0) is 16.4. The van der Waals surface area contributed by atoms with E-state index < -0.39 is 11.6 Å². The van der Waals surface area contributed by atoms with Gasteiger partial charge < -0.3 is 5.32 Å². The Morgan fingerprint density at radius 2 is 1.92 bits per heavy atom. The van der Waals surface area contributed by atoms with Crippen molar-refractivity contribution in [3.8, 4) is 6.07 Å². The molecule has 0 saturated carbocycles. The summed E-state index contributed by atoms with van der Waals surface area (Å²) in [7, 11) is 0. The van der Waals surface area contributed by atoms with E-state index in [-0.39, 0.29) is 12.4 Å². The Morgan fingerprint density at radius 3 is 2.58 bits per heavy atom. The Balaban J connectivity index is 0.00000208. The van der Waals surface area contributed by atoms with Crippen molar-refractivity contribution in [3.63, 3.8) is 0 Å². The smallest absolute Gasteiger partial charge is 0.160 e. The van der Waals surface area contributed by atoms with Crippen LogP contribution in [-0.2, 0) is 6.42 Å². The number of anilines is 2. The van der Waals surface area contributed by atoms with E-state index in [1.54, 1.807) is 0 Å². The monoisotopic (exact) mass is 345 g/mol. The Bertz CT molecular complexity index is 935. The molecule has 0 aliphatic rings. The second-order valence-electron chi connectivity index (χ2n) is 5.12. The van der Waals surface area contributed by atoms with Crippen LogP contribution in [0.15, 0.2) is 42.6 Å². The van der Waals surface area contributed by atoms with Crippen LogP contribution in [0.25, 0.3) is 10.9 Å². The van der Waals surface area contributed by atoms with Crippen molar-refractivity contribution in [1.82, 2.24) is 4.98 Å². The van der Waals surface area contributed by atoms with Gasteiger partial charge in [-0.3, -0.25) is 4.98 Å². The lowest BCUT2D eigenvalue weighted by Crippen LogP contribution is -1.98. The molecular weight excluding hydrogens is 332 g/mol. The lowest BCUT2D eigenvalue weighted by atomic mass is 10.1. The van der Waals surface area contributed by atoms with E-state index in [1.165, 1.54) is 12.3 Å². The molecule has 1 heterocycles. The van der Waals surface area contributed by atoms with E-state index in [4.69, 9.17) is 0 Å². The number of halogens is 3. The quantitative estimate of drug-likeness (QED) is 0.717. The molecule has 0 radical (unpaired) electrons. The molecule has 1 N–H and O–H groups in total. The molecule has 0 unspecified atom stereocenters. The van der Waals surface area contributed by atoms with E-state index in [2.05, 4.69) is 16.4 Å². The van der Waals surface area contributed by atoms with E-state index in [9.17, 15) is 14.0 Å². The molecule has 122 valence electrons. The maximum atomic E-state index is 13.4. The zero-order valence-corrected chi connectivity index (χ0v) is 13.6. The first-order valence-electron chi connectivity index (χ1n) is 7.16. The van der Waals surface area contributed by atoms with E-state index in [1.807, 2.05) is 25.1 Å². The normalized spacial score (nSPS) is 10.1. The van der Waals surface area contributed by atoms with Crippen LogP contribution in [-0.4, -0.2) is 4.98 Å². The number of fused-ring (bicyclic) bond motifs is 1. The van der Waals surface area contributed by atoms with Gasteiger partial charge in [0.05, 0.1) is 16.8 Å². The number of aromatic nitrogens is 1. The molecule has 3 rings (SSSR count). The fourth-order valence-electron chi connectivity index (χ4n) is 2.40. The van der Waals surface area contributed by atoms with Gasteiger partial charge in [-0.25, -0.2) is 8.78 Å². The summed E-state index contributed by atoms with van der Waals surface area (Å²) >= 11 is 0. The van der Waals surface area contributed by atoms with Gasteiger partial charge in [0.1, 0.15) is 6.07 Å². The van der Waals surface area contributed by atoms with Crippen molar-refractivity contribution in [3.05, 3.63) is 65.4 Å². The van der Waals surface area contributed by atoms with E-state index in [0.29, 0.717) is 16.9 Å². The van der Waals surface area contributed by atoms with E-state index in [0.717, 1.165) is 35.0 Å². The minimum Gasteiger partial charge on any atom is -0.354 e. The third-order valence-electron chi connectivity index (χ3n) is 3.65. The summed E-state index contributed by atoms with van der Waals surface area (Å²) in [5.74, 6) is -1.86. The molecule has 0 spiro atoms. The number of nitriles is 1. The average molecular weight is 346 g/mol. The Kier molecular flexibility index (Phi) is 5.32. The molecule has 6 heteroatoms. The van der Waals surface area contributed by atoms with Gasteiger partial charge in [-0.05, 0) is 36.2 Å². The number of rotatable bonds is 3. The first-order chi connectivity index (χ1) is 11.1. The average Bonchev–Trinajstić information content (AvgIpc) is 2.58. The summed E-state index contributed by atoms with van der Waals surface area (Å²) in [6.07, 6.45) is 2.31. The topological polar surface area (TPSA) is 48.7 Å². The maximum absolute atomic E-state index is 13.4. The van der Waals surface area contributed by atoms with Gasteiger partial charge in [0, 0.05) is 23.3 Å². The number of nitrogens with one attached hydrogen (secondary N) is 1. The van der Waals surface area contributed by atoms with Crippen LogP contribution in [0.4, 0.5) is 20.2 Å². The summed E-state index contributed by atoms with van der Waals surface area (Å²) in [5.41, 5.74) is 3.08. The molecule has 0 atom stereocenters. The van der Waals surface area contributed by atoms with Gasteiger partial charge in [0.2, 0.25) is 0 Å². The first kappa shape index (κ1) is 17.6. The number of hydrogen-bond acceptors (Lipinski definition) is 3. The number of nitrogens with zero attached hydrogens (tertiary/aromatic N) is 2. The van der Waals surface area contributed by atoms with Crippen LogP contribution in [0.1, 0.15) is 18.1 Å². The number of pyridine rings is 1. The van der Waals surface area contributed by atoms with Crippen molar-refractivity contribution in [2.75, 3.05) is 5.32 Å². The van der Waals surface area contributed by atoms with Crippen LogP contribution in [0.2, 0.25) is 0 Å². The number of aryl methyl sites for hydroxylation is 1. The van der Waals surface area contributed by atoms with Crippen molar-refractivity contribution in [2.24, 2.45) is 0 Å². The summed E-state index contributed by atoms with van der Waals surface area (Å²) in [4.78, 5) is 4.26. The number of benzene rings is 2. The molecule has 0 saturated heterocycles. The second kappa shape index (κ2) is 7.24. The molecule has 0 aliphatic heterocycles. The SMILES string of the molecule is CCc1ccc2ncc(C#N)c(Nc3ccc(F)c(F)c3)c2c1.Cl. The highest BCUT2D eigenvalue weighted by Crippen LogP contribution is 2.30. The van der Waals surface area contributed by atoms with Gasteiger partial charge in [-0.1, -0.05) is 13.0 Å². The van der Waals surface area contributed by atoms with Gasteiger partial charge in [-0.2, -0.15) is 5.26 Å². The Hall–Kier alpha value is -2.71. The summed E-state index contributed by atoms with van der Waals surface area (Å²) in [6, 6.07) is 11.4. The van der Waals surface area contributed by atoms with E-state index >= 15 is 0 Å². The predicted octanol–water partition coefficient (Wildman–Crippen LogP) is 5.11. The first-order valence-corrected chi connectivity index (χ1v) is 7.16.